The Bertz CT molecular complexity index is 301. The lowest BCUT2D eigenvalue weighted by molar-refractivity contribution is 0.202. The molecule has 0 spiro atoms. The third-order valence-corrected chi connectivity index (χ3v) is 6.31. The van der Waals surface area contributed by atoms with Gasteiger partial charge in [-0.1, -0.05) is 64.7 Å². The molecule has 0 atom stereocenters. The lowest BCUT2D eigenvalue weighted by Crippen LogP contribution is -2.37. The molecular weight excluding hydrogens is 354 g/mol. The van der Waals surface area contributed by atoms with Crippen LogP contribution in [-0.4, -0.2) is 73.6 Å². The molecule has 0 unspecified atom stereocenters. The topological polar surface area (TPSA) is 9.72 Å². The standard InChI is InChI=1S/C16H35N.C10H24N2/c1-5-6-7-8-9-10-11-12-13-14-15-17(4)16(2)3;1-9(2)11(5)7-8-12(6)10(3)4/h16H,5-15H2,1-4H3;9-10H,7-8H2,1-6H3. The Hall–Kier alpha value is -0.120. The number of hydrogen-bond acceptors (Lipinski definition) is 3. The fraction of sp³-hybridized carbons (Fsp3) is 1.00. The molecule has 29 heavy (non-hydrogen) atoms. The van der Waals surface area contributed by atoms with Crippen LogP contribution in [0.5, 0.6) is 0 Å². The zero-order valence-corrected chi connectivity index (χ0v) is 22.3. The number of likely N-dealkylation sites (N-methyl/N-ethyl adjacent to an activating group) is 2. The maximum Gasteiger partial charge on any atom is 0.0109 e. The van der Waals surface area contributed by atoms with Crippen LogP contribution in [0.25, 0.3) is 0 Å². The normalized spacial score (nSPS) is 12.0. The monoisotopic (exact) mass is 413 g/mol. The summed E-state index contributed by atoms with van der Waals surface area (Å²) in [6, 6.07) is 2.02. The van der Waals surface area contributed by atoms with Gasteiger partial charge in [0.2, 0.25) is 0 Å². The minimum absolute atomic E-state index is 0.658. The molecule has 0 bridgehead atoms. The van der Waals surface area contributed by atoms with Crippen LogP contribution in [0.4, 0.5) is 0 Å². The van der Waals surface area contributed by atoms with Gasteiger partial charge in [-0.2, -0.15) is 0 Å². The molecule has 0 saturated heterocycles. The van der Waals surface area contributed by atoms with Crippen LogP contribution < -0.4 is 0 Å². The Morgan fingerprint density at radius 3 is 1.00 bits per heavy atom. The van der Waals surface area contributed by atoms with Gasteiger partial charge in [0, 0.05) is 31.2 Å². The van der Waals surface area contributed by atoms with E-state index in [2.05, 4.69) is 84.3 Å². The Kier molecular flexibility index (Phi) is 22.6. The smallest absolute Gasteiger partial charge is 0.0109 e. The average molecular weight is 414 g/mol. The highest BCUT2D eigenvalue weighted by molar-refractivity contribution is 4.62. The molecule has 0 aromatic carbocycles. The maximum atomic E-state index is 2.45. The second-order valence-corrected chi connectivity index (χ2v) is 9.91. The first kappa shape index (κ1) is 31.1. The van der Waals surface area contributed by atoms with E-state index in [9.17, 15) is 0 Å². The quantitative estimate of drug-likeness (QED) is 0.240. The summed E-state index contributed by atoms with van der Waals surface area (Å²) in [4.78, 5) is 7.20. The van der Waals surface area contributed by atoms with Crippen LogP contribution >= 0.6 is 0 Å². The molecule has 178 valence electrons. The second-order valence-electron chi connectivity index (χ2n) is 9.91. The minimum atomic E-state index is 0.658. The Balaban J connectivity index is 0. The van der Waals surface area contributed by atoms with Crippen molar-refractivity contribution in [2.75, 3.05) is 40.8 Å². The maximum absolute atomic E-state index is 2.45. The van der Waals surface area contributed by atoms with Crippen molar-refractivity contribution in [3.63, 3.8) is 0 Å². The van der Waals surface area contributed by atoms with E-state index >= 15 is 0 Å². The van der Waals surface area contributed by atoms with Crippen LogP contribution in [0, 0.1) is 0 Å². The largest absolute Gasteiger partial charge is 0.304 e. The van der Waals surface area contributed by atoms with Crippen LogP contribution in [0.15, 0.2) is 0 Å². The molecule has 0 aromatic heterocycles. The van der Waals surface area contributed by atoms with Gasteiger partial charge in [0.25, 0.3) is 0 Å². The second kappa shape index (κ2) is 21.1. The van der Waals surface area contributed by atoms with E-state index in [-0.39, 0.29) is 0 Å². The highest BCUT2D eigenvalue weighted by Crippen LogP contribution is 2.10. The fourth-order valence-corrected chi connectivity index (χ4v) is 2.94. The summed E-state index contributed by atoms with van der Waals surface area (Å²) in [7, 11) is 6.59. The summed E-state index contributed by atoms with van der Waals surface area (Å²) in [6.07, 6.45) is 14.3. The molecular formula is C26H59N3. The molecule has 3 heteroatoms. The number of hydrogen-bond donors (Lipinski definition) is 0. The van der Waals surface area contributed by atoms with Crippen molar-refractivity contribution < 1.29 is 0 Å². The molecule has 0 aliphatic rings. The molecule has 0 saturated carbocycles. The van der Waals surface area contributed by atoms with E-state index in [1.165, 1.54) is 70.8 Å². The van der Waals surface area contributed by atoms with Crippen molar-refractivity contribution in [1.29, 1.82) is 0 Å². The molecule has 0 N–H and O–H groups in total. The first-order valence-corrected chi connectivity index (χ1v) is 12.7. The predicted molar refractivity (Wildman–Crippen MR) is 135 cm³/mol. The van der Waals surface area contributed by atoms with Gasteiger partial charge in [-0.05, 0) is 75.7 Å². The summed E-state index contributed by atoms with van der Waals surface area (Å²) in [6.45, 7) is 19.4. The summed E-state index contributed by atoms with van der Waals surface area (Å²) >= 11 is 0. The number of rotatable bonds is 17. The minimum Gasteiger partial charge on any atom is -0.304 e. The molecule has 0 heterocycles. The first-order chi connectivity index (χ1) is 13.6. The van der Waals surface area contributed by atoms with Gasteiger partial charge < -0.3 is 14.7 Å². The van der Waals surface area contributed by atoms with Gasteiger partial charge in [0.1, 0.15) is 0 Å². The molecule has 0 rings (SSSR count). The van der Waals surface area contributed by atoms with Crippen molar-refractivity contribution in [2.24, 2.45) is 0 Å². The molecule has 0 amide bonds. The third-order valence-electron chi connectivity index (χ3n) is 6.31. The zero-order chi connectivity index (χ0) is 22.7. The highest BCUT2D eigenvalue weighted by Gasteiger charge is 2.06. The van der Waals surface area contributed by atoms with Gasteiger partial charge in [0.15, 0.2) is 0 Å². The molecule has 0 fully saturated rings. The number of unbranched alkanes of at least 4 members (excludes halogenated alkanes) is 9. The van der Waals surface area contributed by atoms with Gasteiger partial charge in [-0.3, -0.25) is 0 Å². The molecule has 0 aromatic rings. The van der Waals surface area contributed by atoms with E-state index in [0.29, 0.717) is 18.1 Å². The van der Waals surface area contributed by atoms with E-state index in [4.69, 9.17) is 0 Å². The Labute approximate surface area is 186 Å². The molecule has 0 radical (unpaired) electrons. The lowest BCUT2D eigenvalue weighted by atomic mass is 10.1. The van der Waals surface area contributed by atoms with Gasteiger partial charge in [-0.15, -0.1) is 0 Å². The van der Waals surface area contributed by atoms with Crippen LogP contribution in [0.3, 0.4) is 0 Å². The van der Waals surface area contributed by atoms with Crippen molar-refractivity contribution >= 4 is 0 Å². The van der Waals surface area contributed by atoms with Crippen LogP contribution in [0.1, 0.15) is 113 Å². The fourth-order valence-electron chi connectivity index (χ4n) is 2.94. The highest BCUT2D eigenvalue weighted by atomic mass is 15.2. The Morgan fingerprint density at radius 2 is 0.690 bits per heavy atom. The van der Waals surface area contributed by atoms with Crippen molar-refractivity contribution in [1.82, 2.24) is 14.7 Å². The van der Waals surface area contributed by atoms with Crippen LogP contribution in [-0.2, 0) is 0 Å². The Morgan fingerprint density at radius 1 is 0.414 bits per heavy atom. The SMILES string of the molecule is CC(C)N(C)CCN(C)C(C)C.CCCCCCCCCCCCN(C)C(C)C. The molecule has 0 aliphatic heterocycles. The van der Waals surface area contributed by atoms with E-state index < -0.39 is 0 Å². The average Bonchev–Trinajstić information content (AvgIpc) is 2.67. The number of nitrogens with zero attached hydrogens (tertiary/aromatic N) is 3. The van der Waals surface area contributed by atoms with Gasteiger partial charge in [0.05, 0.1) is 0 Å². The molecule has 3 nitrogen and oxygen atoms in total. The summed E-state index contributed by atoms with van der Waals surface area (Å²) in [5.41, 5.74) is 0. The van der Waals surface area contributed by atoms with Crippen molar-refractivity contribution in [3.05, 3.63) is 0 Å². The van der Waals surface area contributed by atoms with E-state index in [0.717, 1.165) is 13.1 Å². The summed E-state index contributed by atoms with van der Waals surface area (Å²) in [5.74, 6) is 0. The zero-order valence-electron chi connectivity index (χ0n) is 22.3. The lowest BCUT2D eigenvalue weighted by Gasteiger charge is -2.26. The van der Waals surface area contributed by atoms with Gasteiger partial charge in [-0.25, -0.2) is 0 Å². The summed E-state index contributed by atoms with van der Waals surface area (Å²) in [5, 5.41) is 0. The summed E-state index contributed by atoms with van der Waals surface area (Å²) < 4.78 is 0. The van der Waals surface area contributed by atoms with Crippen molar-refractivity contribution in [3.8, 4) is 0 Å². The van der Waals surface area contributed by atoms with Crippen molar-refractivity contribution in [2.45, 2.75) is 131 Å². The molecule has 0 aliphatic carbocycles. The van der Waals surface area contributed by atoms with E-state index in [1.54, 1.807) is 0 Å². The van der Waals surface area contributed by atoms with Gasteiger partial charge >= 0.3 is 0 Å². The third kappa shape index (κ3) is 22.4. The van der Waals surface area contributed by atoms with E-state index in [1.807, 2.05) is 0 Å². The predicted octanol–water partition coefficient (Wildman–Crippen LogP) is 6.91. The first-order valence-electron chi connectivity index (χ1n) is 12.7. The van der Waals surface area contributed by atoms with Crippen LogP contribution in [0.2, 0.25) is 0 Å².